The molecule has 4 nitrogen and oxygen atoms in total. The Kier molecular flexibility index (Phi) is 9.05. The highest BCUT2D eigenvalue weighted by atomic mass is 35.5. The highest BCUT2D eigenvalue weighted by Gasteiger charge is 2.26. The number of halogens is 1. The summed E-state index contributed by atoms with van der Waals surface area (Å²) in [5.41, 5.74) is 3.26. The van der Waals surface area contributed by atoms with Gasteiger partial charge in [0.25, 0.3) is 0 Å². The van der Waals surface area contributed by atoms with Crippen LogP contribution in [-0.4, -0.2) is 34.6 Å². The van der Waals surface area contributed by atoms with Crippen molar-refractivity contribution in [1.29, 1.82) is 0 Å². The molecule has 0 aliphatic carbocycles. The van der Waals surface area contributed by atoms with Crippen LogP contribution in [0.15, 0.2) is 48.5 Å². The van der Waals surface area contributed by atoms with Gasteiger partial charge in [0, 0.05) is 23.4 Å². The summed E-state index contributed by atoms with van der Waals surface area (Å²) in [5, 5.41) is 3.49. The molecule has 0 saturated heterocycles. The number of nitrogens with zero attached hydrogens (tertiary/aromatic N) is 1. The number of thioether (sulfide) groups is 1. The van der Waals surface area contributed by atoms with Crippen LogP contribution in [0.5, 0.6) is 0 Å². The van der Waals surface area contributed by atoms with E-state index in [9.17, 15) is 9.59 Å². The molecule has 0 unspecified atom stereocenters. The summed E-state index contributed by atoms with van der Waals surface area (Å²) < 4.78 is 0. The Morgan fingerprint density at radius 1 is 1.03 bits per heavy atom. The number of benzene rings is 2. The number of rotatable bonds is 9. The van der Waals surface area contributed by atoms with E-state index in [4.69, 9.17) is 11.6 Å². The van der Waals surface area contributed by atoms with Gasteiger partial charge in [-0.3, -0.25) is 9.59 Å². The minimum Gasteiger partial charge on any atom is -0.352 e. The van der Waals surface area contributed by atoms with Crippen LogP contribution >= 0.6 is 23.4 Å². The van der Waals surface area contributed by atoms with E-state index >= 15 is 0 Å². The van der Waals surface area contributed by atoms with Crippen molar-refractivity contribution < 1.29 is 9.59 Å². The minimum absolute atomic E-state index is 0.0117. The van der Waals surface area contributed by atoms with Crippen molar-refractivity contribution >= 4 is 35.2 Å². The average molecular weight is 433 g/mol. The molecule has 0 aromatic heterocycles. The van der Waals surface area contributed by atoms with Gasteiger partial charge < -0.3 is 10.2 Å². The van der Waals surface area contributed by atoms with Gasteiger partial charge in [0.05, 0.1) is 5.75 Å². The van der Waals surface area contributed by atoms with E-state index in [0.29, 0.717) is 17.3 Å². The maximum Gasteiger partial charge on any atom is 0.242 e. The van der Waals surface area contributed by atoms with Gasteiger partial charge in [-0.05, 0) is 50.5 Å². The van der Waals surface area contributed by atoms with E-state index in [1.807, 2.05) is 44.2 Å². The lowest BCUT2D eigenvalue weighted by Crippen LogP contribution is -2.49. The van der Waals surface area contributed by atoms with E-state index < -0.39 is 6.04 Å². The Hall–Kier alpha value is -1.98. The van der Waals surface area contributed by atoms with Gasteiger partial charge in [-0.2, -0.15) is 0 Å². The second kappa shape index (κ2) is 11.3. The Bertz CT molecular complexity index is 841. The molecule has 2 aromatic carbocycles. The first kappa shape index (κ1) is 23.3. The van der Waals surface area contributed by atoms with Gasteiger partial charge in [-0.1, -0.05) is 54.1 Å². The molecule has 0 saturated carbocycles. The summed E-state index contributed by atoms with van der Waals surface area (Å²) in [6, 6.07) is 15.0. The fourth-order valence-electron chi connectivity index (χ4n) is 2.90. The van der Waals surface area contributed by atoms with Gasteiger partial charge in [-0.15, -0.1) is 11.8 Å². The summed E-state index contributed by atoms with van der Waals surface area (Å²) in [5.74, 6) is 0.822. The number of carbonyl (C=O) groups is 2. The molecule has 156 valence electrons. The number of hydrogen-bond acceptors (Lipinski definition) is 3. The first-order valence-corrected chi connectivity index (χ1v) is 11.3. The van der Waals surface area contributed by atoms with Crippen LogP contribution in [0.1, 0.15) is 37.5 Å². The van der Waals surface area contributed by atoms with Gasteiger partial charge in [0.2, 0.25) is 11.8 Å². The Morgan fingerprint density at radius 2 is 1.66 bits per heavy atom. The van der Waals surface area contributed by atoms with Crippen molar-refractivity contribution in [2.75, 3.05) is 5.75 Å². The molecule has 0 heterocycles. The third-order valence-corrected chi connectivity index (χ3v) is 5.98. The van der Waals surface area contributed by atoms with Crippen molar-refractivity contribution in [2.45, 2.75) is 52.1 Å². The Labute approximate surface area is 183 Å². The molecule has 0 spiro atoms. The molecule has 0 aliphatic heterocycles. The average Bonchev–Trinajstić information content (AvgIpc) is 2.67. The fraction of sp³-hybridized carbons (Fsp3) is 0.391. The molecule has 29 heavy (non-hydrogen) atoms. The van der Waals surface area contributed by atoms with Crippen molar-refractivity contribution in [3.8, 4) is 0 Å². The lowest BCUT2D eigenvalue weighted by Gasteiger charge is -2.29. The van der Waals surface area contributed by atoms with Crippen LogP contribution in [0, 0.1) is 6.92 Å². The van der Waals surface area contributed by atoms with Crippen LogP contribution < -0.4 is 5.32 Å². The zero-order valence-corrected chi connectivity index (χ0v) is 19.0. The topological polar surface area (TPSA) is 49.4 Å². The number of hydrogen-bond donors (Lipinski definition) is 1. The van der Waals surface area contributed by atoms with Gasteiger partial charge in [0.15, 0.2) is 0 Å². The van der Waals surface area contributed by atoms with Gasteiger partial charge >= 0.3 is 0 Å². The minimum atomic E-state index is -0.583. The van der Waals surface area contributed by atoms with E-state index in [1.54, 1.807) is 29.7 Å². The van der Waals surface area contributed by atoms with E-state index in [2.05, 4.69) is 24.4 Å². The molecule has 0 bridgehead atoms. The van der Waals surface area contributed by atoms with E-state index in [-0.39, 0.29) is 17.9 Å². The normalized spacial score (nSPS) is 11.9. The molecule has 2 rings (SSSR count). The van der Waals surface area contributed by atoms with Crippen LogP contribution in [-0.2, 0) is 21.9 Å². The maximum absolute atomic E-state index is 13.0. The molecule has 0 fully saturated rings. The number of nitrogens with one attached hydrogen (secondary N) is 1. The quantitative estimate of drug-likeness (QED) is 0.617. The highest BCUT2D eigenvalue weighted by molar-refractivity contribution is 7.99. The van der Waals surface area contributed by atoms with Crippen molar-refractivity contribution in [2.24, 2.45) is 0 Å². The standard InChI is InChI=1S/C23H29ClN2O2S/c1-16(2)25-23(28)18(4)26(13-19-10-7-8-12-21(19)24)22(27)15-29-14-20-11-6-5-9-17(20)3/h5-12,16,18H,13-15H2,1-4H3,(H,25,28)/t18-/m0/s1. The molecule has 1 atom stereocenters. The van der Waals surface area contributed by atoms with Crippen LogP contribution in [0.3, 0.4) is 0 Å². The summed E-state index contributed by atoms with van der Waals surface area (Å²) in [4.78, 5) is 27.2. The molecule has 0 aliphatic rings. The third-order valence-electron chi connectivity index (χ3n) is 4.64. The molecule has 2 amide bonds. The van der Waals surface area contributed by atoms with Crippen LogP contribution in [0.4, 0.5) is 0 Å². The van der Waals surface area contributed by atoms with E-state index in [1.165, 1.54) is 11.1 Å². The largest absolute Gasteiger partial charge is 0.352 e. The summed E-state index contributed by atoms with van der Waals surface area (Å²) in [6.45, 7) is 7.94. The summed E-state index contributed by atoms with van der Waals surface area (Å²) in [7, 11) is 0. The molecule has 6 heteroatoms. The predicted molar refractivity (Wildman–Crippen MR) is 122 cm³/mol. The molecular formula is C23H29ClN2O2S. The predicted octanol–water partition coefficient (Wildman–Crippen LogP) is 4.82. The maximum atomic E-state index is 13.0. The zero-order chi connectivity index (χ0) is 21.4. The van der Waals surface area contributed by atoms with Crippen LogP contribution in [0.2, 0.25) is 5.02 Å². The number of aryl methyl sites for hydroxylation is 1. The monoisotopic (exact) mass is 432 g/mol. The Balaban J connectivity index is 2.10. The van der Waals surface area contributed by atoms with Gasteiger partial charge in [-0.25, -0.2) is 0 Å². The third kappa shape index (κ3) is 7.09. The smallest absolute Gasteiger partial charge is 0.242 e. The zero-order valence-electron chi connectivity index (χ0n) is 17.4. The van der Waals surface area contributed by atoms with Crippen molar-refractivity contribution in [3.05, 3.63) is 70.2 Å². The lowest BCUT2D eigenvalue weighted by atomic mass is 10.1. The Morgan fingerprint density at radius 3 is 2.28 bits per heavy atom. The first-order chi connectivity index (χ1) is 13.8. The molecule has 2 aromatic rings. The fourth-order valence-corrected chi connectivity index (χ4v) is 4.08. The lowest BCUT2D eigenvalue weighted by molar-refractivity contribution is -0.138. The number of amides is 2. The number of carbonyl (C=O) groups excluding carboxylic acids is 2. The SMILES string of the molecule is Cc1ccccc1CSCC(=O)N(Cc1ccccc1Cl)[C@@H](C)C(=O)NC(C)C. The van der Waals surface area contributed by atoms with E-state index in [0.717, 1.165) is 11.3 Å². The van der Waals surface area contributed by atoms with Crippen molar-refractivity contribution in [3.63, 3.8) is 0 Å². The first-order valence-electron chi connectivity index (χ1n) is 9.75. The van der Waals surface area contributed by atoms with Gasteiger partial charge in [0.1, 0.15) is 6.04 Å². The second-order valence-electron chi connectivity index (χ2n) is 7.37. The summed E-state index contributed by atoms with van der Waals surface area (Å²) >= 11 is 7.86. The highest BCUT2D eigenvalue weighted by Crippen LogP contribution is 2.21. The molecular weight excluding hydrogens is 404 g/mol. The van der Waals surface area contributed by atoms with Crippen molar-refractivity contribution in [1.82, 2.24) is 10.2 Å². The van der Waals surface area contributed by atoms with Crippen LogP contribution in [0.25, 0.3) is 0 Å². The summed E-state index contributed by atoms with van der Waals surface area (Å²) in [6.07, 6.45) is 0. The molecule has 1 N–H and O–H groups in total. The second-order valence-corrected chi connectivity index (χ2v) is 8.76. The molecule has 0 radical (unpaired) electrons.